The zero-order chi connectivity index (χ0) is 21.0. The first-order valence-corrected chi connectivity index (χ1v) is 12.2. The van der Waals surface area contributed by atoms with Gasteiger partial charge in [-0.05, 0) is 48.6 Å². The molecule has 1 aromatic heterocycles. The van der Waals surface area contributed by atoms with Crippen molar-refractivity contribution in [1.29, 1.82) is 0 Å². The lowest BCUT2D eigenvalue weighted by Gasteiger charge is -2.43. The van der Waals surface area contributed by atoms with Gasteiger partial charge in [0.15, 0.2) is 5.82 Å². The van der Waals surface area contributed by atoms with Crippen molar-refractivity contribution in [3.8, 4) is 0 Å². The molecule has 1 aromatic carbocycles. The van der Waals surface area contributed by atoms with Gasteiger partial charge in [0.25, 0.3) is 0 Å². The molecule has 3 aliphatic rings. The Kier molecular flexibility index (Phi) is 6.62. The Morgan fingerprint density at radius 3 is 2.45 bits per heavy atom. The van der Waals surface area contributed by atoms with Gasteiger partial charge in [-0.15, -0.1) is 5.10 Å². The molecule has 2 atom stereocenters. The van der Waals surface area contributed by atoms with Crippen molar-refractivity contribution in [2.75, 3.05) is 32.8 Å². The molecule has 7 heteroatoms. The molecule has 0 radical (unpaired) electrons. The van der Waals surface area contributed by atoms with Crippen LogP contribution in [0, 0.1) is 6.92 Å². The Morgan fingerprint density at radius 2 is 1.74 bits per heavy atom. The zero-order valence-corrected chi connectivity index (χ0v) is 18.8. The van der Waals surface area contributed by atoms with Crippen molar-refractivity contribution in [2.24, 2.45) is 0 Å². The Labute approximate surface area is 185 Å². The highest BCUT2D eigenvalue weighted by molar-refractivity contribution is 5.28. The fourth-order valence-electron chi connectivity index (χ4n) is 5.60. The number of piperazine rings is 1. The van der Waals surface area contributed by atoms with Crippen molar-refractivity contribution in [3.05, 3.63) is 41.2 Å². The Morgan fingerprint density at radius 1 is 0.968 bits per heavy atom. The van der Waals surface area contributed by atoms with Gasteiger partial charge in [-0.25, -0.2) is 4.68 Å². The molecule has 5 rings (SSSR count). The van der Waals surface area contributed by atoms with Crippen molar-refractivity contribution in [3.63, 3.8) is 0 Å². The van der Waals surface area contributed by atoms with E-state index in [2.05, 4.69) is 56.5 Å². The van der Waals surface area contributed by atoms with Crippen LogP contribution in [-0.2, 0) is 11.3 Å². The summed E-state index contributed by atoms with van der Waals surface area (Å²) in [5, 5.41) is 13.0. The first-order valence-electron chi connectivity index (χ1n) is 12.2. The summed E-state index contributed by atoms with van der Waals surface area (Å²) in [5.74, 6) is 0.950. The lowest BCUT2D eigenvalue weighted by Crippen LogP contribution is -2.52. The van der Waals surface area contributed by atoms with Gasteiger partial charge in [-0.3, -0.25) is 9.80 Å². The second kappa shape index (κ2) is 9.76. The number of tetrazole rings is 1. The SMILES string of the molecule is Cc1ccc([C@H](c2nnnn2C[C@H]2CCCO2)N2CCN(C3CCCCC3)CC2)cc1. The minimum Gasteiger partial charge on any atom is -0.376 e. The summed E-state index contributed by atoms with van der Waals surface area (Å²) in [6.45, 7) is 8.13. The number of rotatable bonds is 6. The van der Waals surface area contributed by atoms with E-state index in [-0.39, 0.29) is 12.1 Å². The standard InChI is InChI=1S/C24H36N6O/c1-19-9-11-20(12-10-19)23(24-25-26-27-30(24)18-22-8-5-17-31-22)29-15-13-28(14-16-29)21-6-3-2-4-7-21/h9-12,21-23H,2-8,13-18H2,1H3/t22-,23-/m1/s1. The van der Waals surface area contributed by atoms with E-state index in [1.54, 1.807) is 0 Å². The molecule has 3 heterocycles. The van der Waals surface area contributed by atoms with E-state index in [0.29, 0.717) is 0 Å². The summed E-state index contributed by atoms with van der Waals surface area (Å²) in [5.41, 5.74) is 2.56. The predicted octanol–water partition coefficient (Wildman–Crippen LogP) is 3.20. The molecular formula is C24H36N6O. The van der Waals surface area contributed by atoms with Crippen molar-refractivity contribution < 1.29 is 4.74 Å². The van der Waals surface area contributed by atoms with E-state index < -0.39 is 0 Å². The van der Waals surface area contributed by atoms with E-state index >= 15 is 0 Å². The summed E-state index contributed by atoms with van der Waals surface area (Å²) in [6.07, 6.45) is 9.41. The number of aryl methyl sites for hydroxylation is 1. The van der Waals surface area contributed by atoms with Crippen LogP contribution in [0.1, 0.15) is 67.9 Å². The monoisotopic (exact) mass is 424 g/mol. The molecule has 0 unspecified atom stereocenters. The maximum Gasteiger partial charge on any atom is 0.173 e. The maximum absolute atomic E-state index is 5.87. The van der Waals surface area contributed by atoms with Crippen LogP contribution >= 0.6 is 0 Å². The van der Waals surface area contributed by atoms with E-state index in [4.69, 9.17) is 4.74 Å². The van der Waals surface area contributed by atoms with Gasteiger partial charge in [0.2, 0.25) is 0 Å². The molecule has 1 saturated carbocycles. The molecule has 3 fully saturated rings. The van der Waals surface area contributed by atoms with Crippen molar-refractivity contribution in [1.82, 2.24) is 30.0 Å². The van der Waals surface area contributed by atoms with Crippen LogP contribution in [0.3, 0.4) is 0 Å². The van der Waals surface area contributed by atoms with E-state index in [1.807, 2.05) is 4.68 Å². The van der Waals surface area contributed by atoms with Crippen LogP contribution in [0.2, 0.25) is 0 Å². The Bertz CT molecular complexity index is 817. The average Bonchev–Trinajstić information content (AvgIpc) is 3.49. The third kappa shape index (κ3) is 4.83. The molecular weight excluding hydrogens is 388 g/mol. The highest BCUT2D eigenvalue weighted by Gasteiger charge is 2.33. The molecule has 2 aromatic rings. The molecule has 0 bridgehead atoms. The topological polar surface area (TPSA) is 59.3 Å². The second-order valence-electron chi connectivity index (χ2n) is 9.53. The first kappa shape index (κ1) is 21.0. The lowest BCUT2D eigenvalue weighted by molar-refractivity contribution is 0.0595. The number of hydrogen-bond donors (Lipinski definition) is 0. The van der Waals surface area contributed by atoms with Crippen LogP contribution in [0.15, 0.2) is 24.3 Å². The molecule has 0 N–H and O–H groups in total. The van der Waals surface area contributed by atoms with Crippen LogP contribution in [0.4, 0.5) is 0 Å². The molecule has 2 aliphatic heterocycles. The van der Waals surface area contributed by atoms with Gasteiger partial charge in [0, 0.05) is 38.8 Å². The fraction of sp³-hybridized carbons (Fsp3) is 0.708. The van der Waals surface area contributed by atoms with Crippen LogP contribution in [0.5, 0.6) is 0 Å². The van der Waals surface area contributed by atoms with Gasteiger partial charge in [-0.2, -0.15) is 0 Å². The quantitative estimate of drug-likeness (QED) is 0.710. The maximum atomic E-state index is 5.87. The van der Waals surface area contributed by atoms with E-state index in [0.717, 1.165) is 64.0 Å². The summed E-state index contributed by atoms with van der Waals surface area (Å²) < 4.78 is 7.87. The predicted molar refractivity (Wildman–Crippen MR) is 120 cm³/mol. The molecule has 31 heavy (non-hydrogen) atoms. The molecule has 0 spiro atoms. The van der Waals surface area contributed by atoms with Gasteiger partial charge in [0.1, 0.15) is 0 Å². The molecule has 1 aliphatic carbocycles. The minimum atomic E-state index is 0.0884. The molecule has 0 amide bonds. The third-order valence-electron chi connectivity index (χ3n) is 7.40. The van der Waals surface area contributed by atoms with Crippen LogP contribution < -0.4 is 0 Å². The average molecular weight is 425 g/mol. The number of ether oxygens (including phenoxy) is 1. The number of hydrogen-bond acceptors (Lipinski definition) is 6. The number of aromatic nitrogens is 4. The summed E-state index contributed by atoms with van der Waals surface area (Å²) >= 11 is 0. The fourth-order valence-corrected chi connectivity index (χ4v) is 5.60. The van der Waals surface area contributed by atoms with Crippen LogP contribution in [0.25, 0.3) is 0 Å². The summed E-state index contributed by atoms with van der Waals surface area (Å²) in [4.78, 5) is 5.32. The number of benzene rings is 1. The smallest absolute Gasteiger partial charge is 0.173 e. The Balaban J connectivity index is 1.36. The van der Waals surface area contributed by atoms with Gasteiger partial charge in [0.05, 0.1) is 18.7 Å². The second-order valence-corrected chi connectivity index (χ2v) is 9.53. The first-order chi connectivity index (χ1) is 15.3. The zero-order valence-electron chi connectivity index (χ0n) is 18.8. The van der Waals surface area contributed by atoms with Gasteiger partial charge in [-0.1, -0.05) is 49.1 Å². The van der Waals surface area contributed by atoms with Gasteiger partial charge < -0.3 is 4.74 Å². The van der Waals surface area contributed by atoms with E-state index in [1.165, 1.54) is 43.2 Å². The lowest BCUT2D eigenvalue weighted by atomic mass is 9.93. The normalized spacial score (nSPS) is 25.1. The van der Waals surface area contributed by atoms with Crippen molar-refractivity contribution >= 4 is 0 Å². The minimum absolute atomic E-state index is 0.0884. The molecule has 168 valence electrons. The highest BCUT2D eigenvalue weighted by atomic mass is 16.5. The summed E-state index contributed by atoms with van der Waals surface area (Å²) in [7, 11) is 0. The van der Waals surface area contributed by atoms with E-state index in [9.17, 15) is 0 Å². The highest BCUT2D eigenvalue weighted by Crippen LogP contribution is 2.31. The molecule has 7 nitrogen and oxygen atoms in total. The number of nitrogens with zero attached hydrogens (tertiary/aromatic N) is 6. The third-order valence-corrected chi connectivity index (χ3v) is 7.40. The van der Waals surface area contributed by atoms with Gasteiger partial charge >= 0.3 is 0 Å². The van der Waals surface area contributed by atoms with Crippen molar-refractivity contribution in [2.45, 2.75) is 76.6 Å². The van der Waals surface area contributed by atoms with Crippen LogP contribution in [-0.4, -0.2) is 74.9 Å². The largest absolute Gasteiger partial charge is 0.376 e. The Hall–Kier alpha value is -1.83. The molecule has 2 saturated heterocycles. The summed E-state index contributed by atoms with van der Waals surface area (Å²) in [6, 6.07) is 9.78.